The van der Waals surface area contributed by atoms with Crippen molar-refractivity contribution in [1.29, 1.82) is 0 Å². The SMILES string of the molecule is Cn1nnc(C2CN(C(=O)Cc3ccc(F)cc3Cl)CCO2)n1.O=CO. The van der Waals surface area contributed by atoms with Crippen LogP contribution in [-0.4, -0.2) is 62.3 Å². The topological polar surface area (TPSA) is 110 Å². The molecule has 0 radical (unpaired) electrons. The normalized spacial score (nSPS) is 16.6. The molecule has 1 atom stereocenters. The van der Waals surface area contributed by atoms with E-state index in [0.717, 1.165) is 0 Å². The minimum absolute atomic E-state index is 0.101. The van der Waals surface area contributed by atoms with Crippen molar-refractivity contribution < 1.29 is 23.8 Å². The number of hydrogen-bond donors (Lipinski definition) is 1. The quantitative estimate of drug-likeness (QED) is 0.779. The Hall–Kier alpha value is -2.59. The first-order valence-electron chi connectivity index (χ1n) is 7.59. The van der Waals surface area contributed by atoms with Crippen LogP contribution in [-0.2, 0) is 27.8 Å². The molecular weight excluding hydrogens is 369 g/mol. The van der Waals surface area contributed by atoms with Gasteiger partial charge in [0.1, 0.15) is 11.9 Å². The molecule has 2 heterocycles. The highest BCUT2D eigenvalue weighted by Gasteiger charge is 2.28. The number of rotatable bonds is 3. The highest BCUT2D eigenvalue weighted by molar-refractivity contribution is 6.31. The van der Waals surface area contributed by atoms with Crippen LogP contribution in [0.15, 0.2) is 18.2 Å². The molecule has 11 heteroatoms. The second-order valence-corrected chi connectivity index (χ2v) is 5.76. The first kappa shape index (κ1) is 19.7. The zero-order valence-corrected chi connectivity index (χ0v) is 14.6. The summed E-state index contributed by atoms with van der Waals surface area (Å²) in [7, 11) is 1.67. The third kappa shape index (κ3) is 5.20. The van der Waals surface area contributed by atoms with Crippen molar-refractivity contribution in [2.45, 2.75) is 12.5 Å². The Kier molecular flexibility index (Phi) is 6.98. The molecule has 1 N–H and O–H groups in total. The van der Waals surface area contributed by atoms with Crippen LogP contribution in [0.5, 0.6) is 0 Å². The van der Waals surface area contributed by atoms with Crippen LogP contribution >= 0.6 is 11.6 Å². The largest absolute Gasteiger partial charge is 0.483 e. The third-order valence-electron chi connectivity index (χ3n) is 3.59. The summed E-state index contributed by atoms with van der Waals surface area (Å²) in [6.45, 7) is 0.976. The zero-order valence-electron chi connectivity index (χ0n) is 13.9. The van der Waals surface area contributed by atoms with Crippen LogP contribution in [0.4, 0.5) is 4.39 Å². The van der Waals surface area contributed by atoms with Crippen molar-refractivity contribution in [2.24, 2.45) is 7.05 Å². The van der Waals surface area contributed by atoms with E-state index < -0.39 is 11.9 Å². The maximum absolute atomic E-state index is 13.1. The lowest BCUT2D eigenvalue weighted by molar-refractivity contribution is -0.138. The number of aromatic nitrogens is 4. The van der Waals surface area contributed by atoms with Crippen LogP contribution in [0.1, 0.15) is 17.5 Å². The maximum Gasteiger partial charge on any atom is 0.290 e. The molecule has 3 rings (SSSR count). The lowest BCUT2D eigenvalue weighted by Gasteiger charge is -2.31. The standard InChI is InChI=1S/C14H15ClFN5O2.CH2O2/c1-20-18-14(17-19-20)12-8-21(4-5-23-12)13(22)6-9-2-3-10(16)7-11(9)15;2-1-3/h2-3,7,12H,4-6,8H2,1H3;1H,(H,2,3). The van der Waals surface area contributed by atoms with Gasteiger partial charge in [-0.15, -0.1) is 10.2 Å². The lowest BCUT2D eigenvalue weighted by Crippen LogP contribution is -2.43. The van der Waals surface area contributed by atoms with E-state index in [1.165, 1.54) is 23.0 Å². The number of tetrazole rings is 1. The van der Waals surface area contributed by atoms with E-state index >= 15 is 0 Å². The Labute approximate surface area is 153 Å². The van der Waals surface area contributed by atoms with Crippen LogP contribution in [0.3, 0.4) is 0 Å². The van der Waals surface area contributed by atoms with Gasteiger partial charge < -0.3 is 14.7 Å². The fourth-order valence-electron chi connectivity index (χ4n) is 2.40. The first-order valence-corrected chi connectivity index (χ1v) is 7.97. The summed E-state index contributed by atoms with van der Waals surface area (Å²) in [5, 5.41) is 18.9. The summed E-state index contributed by atoms with van der Waals surface area (Å²) in [5.74, 6) is -0.0770. The number of carbonyl (C=O) groups excluding carboxylic acids is 1. The highest BCUT2D eigenvalue weighted by atomic mass is 35.5. The van der Waals surface area contributed by atoms with Gasteiger partial charge >= 0.3 is 0 Å². The molecule has 0 spiro atoms. The highest BCUT2D eigenvalue weighted by Crippen LogP contribution is 2.21. The molecular formula is C15H17ClFN5O4. The summed E-state index contributed by atoms with van der Waals surface area (Å²) in [6.07, 6.45) is -0.287. The van der Waals surface area contributed by atoms with Crippen molar-refractivity contribution in [3.05, 3.63) is 40.4 Å². The third-order valence-corrected chi connectivity index (χ3v) is 3.94. The number of ether oxygens (including phenoxy) is 1. The van der Waals surface area contributed by atoms with Crippen molar-refractivity contribution in [1.82, 2.24) is 25.1 Å². The lowest BCUT2D eigenvalue weighted by atomic mass is 10.1. The van der Waals surface area contributed by atoms with Crippen LogP contribution in [0.2, 0.25) is 5.02 Å². The van der Waals surface area contributed by atoms with Gasteiger partial charge in [0.2, 0.25) is 11.7 Å². The molecule has 1 unspecified atom stereocenters. The molecule has 1 fully saturated rings. The first-order chi connectivity index (χ1) is 12.4. The molecule has 2 aromatic rings. The van der Waals surface area contributed by atoms with Crippen molar-refractivity contribution in [3.63, 3.8) is 0 Å². The van der Waals surface area contributed by atoms with Gasteiger partial charge in [-0.1, -0.05) is 17.7 Å². The van der Waals surface area contributed by atoms with E-state index in [4.69, 9.17) is 26.2 Å². The summed E-state index contributed by atoms with van der Waals surface area (Å²) in [5.41, 5.74) is 0.596. The predicted octanol–water partition coefficient (Wildman–Crippen LogP) is 0.846. The number of carboxylic acid groups (broad SMARTS) is 1. The minimum Gasteiger partial charge on any atom is -0.483 e. The van der Waals surface area contributed by atoms with Gasteiger partial charge in [0.05, 0.1) is 26.6 Å². The molecule has 0 bridgehead atoms. The number of carbonyl (C=O) groups is 2. The van der Waals surface area contributed by atoms with Crippen molar-refractivity contribution in [2.75, 3.05) is 19.7 Å². The molecule has 0 saturated carbocycles. The van der Waals surface area contributed by atoms with Crippen LogP contribution < -0.4 is 0 Å². The molecule has 1 aliphatic heterocycles. The average Bonchev–Trinajstić information content (AvgIpc) is 3.05. The van der Waals surface area contributed by atoms with Gasteiger partial charge in [-0.05, 0) is 22.9 Å². The van der Waals surface area contributed by atoms with Crippen LogP contribution in [0, 0.1) is 5.82 Å². The second-order valence-electron chi connectivity index (χ2n) is 5.35. The molecule has 1 aromatic carbocycles. The summed E-state index contributed by atoms with van der Waals surface area (Å²) < 4.78 is 18.7. The van der Waals surface area contributed by atoms with E-state index in [1.807, 2.05) is 0 Å². The fraction of sp³-hybridized carbons (Fsp3) is 0.400. The van der Waals surface area contributed by atoms with Gasteiger partial charge in [0.25, 0.3) is 6.47 Å². The van der Waals surface area contributed by atoms with Gasteiger partial charge in [-0.2, -0.15) is 4.80 Å². The molecule has 1 aliphatic rings. The average molecular weight is 386 g/mol. The van der Waals surface area contributed by atoms with E-state index in [-0.39, 0.29) is 23.8 Å². The number of morpholine rings is 1. The molecule has 9 nitrogen and oxygen atoms in total. The zero-order chi connectivity index (χ0) is 19.1. The predicted molar refractivity (Wildman–Crippen MR) is 87.9 cm³/mol. The maximum atomic E-state index is 13.1. The molecule has 140 valence electrons. The van der Waals surface area contributed by atoms with Gasteiger partial charge in [0, 0.05) is 11.6 Å². The number of halogens is 2. The Balaban J connectivity index is 0.000000758. The van der Waals surface area contributed by atoms with Gasteiger partial charge in [0.15, 0.2) is 0 Å². The Morgan fingerprint density at radius 2 is 2.27 bits per heavy atom. The number of hydrogen-bond acceptors (Lipinski definition) is 6. The number of benzene rings is 1. The minimum atomic E-state index is -0.425. The van der Waals surface area contributed by atoms with Crippen molar-refractivity contribution >= 4 is 24.0 Å². The molecule has 1 aromatic heterocycles. The summed E-state index contributed by atoms with van der Waals surface area (Å²) >= 11 is 5.97. The summed E-state index contributed by atoms with van der Waals surface area (Å²) in [4.78, 5) is 23.8. The number of nitrogens with zero attached hydrogens (tertiary/aromatic N) is 5. The van der Waals surface area contributed by atoms with E-state index in [0.29, 0.717) is 31.1 Å². The fourth-order valence-corrected chi connectivity index (χ4v) is 2.63. The number of aryl methyl sites for hydroxylation is 1. The molecule has 26 heavy (non-hydrogen) atoms. The van der Waals surface area contributed by atoms with E-state index in [9.17, 15) is 9.18 Å². The molecule has 1 amide bonds. The summed E-state index contributed by atoms with van der Waals surface area (Å²) in [6, 6.07) is 4.02. The Bertz CT molecular complexity index is 772. The van der Waals surface area contributed by atoms with E-state index in [1.54, 1.807) is 11.9 Å². The second kappa shape index (κ2) is 9.20. The Morgan fingerprint density at radius 1 is 1.54 bits per heavy atom. The van der Waals surface area contributed by atoms with Gasteiger partial charge in [-0.3, -0.25) is 9.59 Å². The Morgan fingerprint density at radius 3 is 2.88 bits per heavy atom. The van der Waals surface area contributed by atoms with Crippen LogP contribution in [0.25, 0.3) is 0 Å². The molecule has 1 saturated heterocycles. The number of amides is 1. The smallest absolute Gasteiger partial charge is 0.290 e. The molecule has 0 aliphatic carbocycles. The van der Waals surface area contributed by atoms with Gasteiger partial charge in [-0.25, -0.2) is 4.39 Å². The monoisotopic (exact) mass is 385 g/mol. The van der Waals surface area contributed by atoms with Crippen molar-refractivity contribution in [3.8, 4) is 0 Å². The van der Waals surface area contributed by atoms with E-state index in [2.05, 4.69) is 15.4 Å².